The number of aliphatic hydroxyl groups is 1. The van der Waals surface area contributed by atoms with Gasteiger partial charge in [0.1, 0.15) is 11.7 Å². The fourth-order valence-corrected chi connectivity index (χ4v) is 5.63. The van der Waals surface area contributed by atoms with Gasteiger partial charge < -0.3 is 39.4 Å². The van der Waals surface area contributed by atoms with Crippen molar-refractivity contribution in [2.45, 2.75) is 19.8 Å². The van der Waals surface area contributed by atoms with Crippen LogP contribution in [-0.2, 0) is 23.8 Å². The molecule has 4 rings (SSSR count). The zero-order valence-corrected chi connectivity index (χ0v) is 27.2. The maximum absolute atomic E-state index is 13.4. The van der Waals surface area contributed by atoms with E-state index in [1.54, 1.807) is 55.1 Å². The standard InChI is InChI=1S/C32H38ClN5O8/c1-6-46-31(41)28-23(35-18(2)26(30(40)44-5)27(28)19-9-7-8-10-21(19)33)17-45-14-12-38(11-13-39)32-36-22-16-25(43-4)24(42-3)15-20(22)29(34)37-32/h7-10,15-16,26-27,39H,6,11-14,17H2,1-5H3,(H2,34,36,37). The fraction of sp³-hybridized carbons (Fsp3) is 0.406. The molecule has 0 aliphatic carbocycles. The van der Waals surface area contributed by atoms with Crippen LogP contribution in [0.4, 0.5) is 11.8 Å². The average Bonchev–Trinajstić information content (AvgIpc) is 3.05. The normalized spacial score (nSPS) is 16.2. The Labute approximate surface area is 271 Å². The third-order valence-electron chi connectivity index (χ3n) is 7.52. The SMILES string of the molecule is CCOC(=O)C1=C(COCCN(CCO)c2nc(N)c3cc(OC)c(OC)cc3n2)N=C(C)C(C(=O)OC)C1c1ccccc1Cl. The number of nitrogens with two attached hydrogens (primary N) is 1. The first kappa shape index (κ1) is 34.4. The predicted octanol–water partition coefficient (Wildman–Crippen LogP) is 3.56. The Morgan fingerprint density at radius 2 is 1.78 bits per heavy atom. The van der Waals surface area contributed by atoms with E-state index >= 15 is 0 Å². The highest BCUT2D eigenvalue weighted by Crippen LogP contribution is 2.42. The number of aliphatic hydroxyl groups excluding tert-OH is 1. The number of aliphatic imine (C=N–C) groups is 1. The third kappa shape index (κ3) is 7.33. The van der Waals surface area contributed by atoms with Gasteiger partial charge in [-0.25, -0.2) is 9.78 Å². The minimum absolute atomic E-state index is 0.0784. The lowest BCUT2D eigenvalue weighted by Crippen LogP contribution is -2.37. The molecule has 0 saturated carbocycles. The summed E-state index contributed by atoms with van der Waals surface area (Å²) in [6.07, 6.45) is 0. The van der Waals surface area contributed by atoms with Gasteiger partial charge in [-0.1, -0.05) is 29.8 Å². The van der Waals surface area contributed by atoms with Gasteiger partial charge in [0.05, 0.1) is 64.5 Å². The largest absolute Gasteiger partial charge is 0.493 e. The molecule has 2 aromatic carbocycles. The lowest BCUT2D eigenvalue weighted by Gasteiger charge is -2.32. The molecule has 0 spiro atoms. The zero-order valence-electron chi connectivity index (χ0n) is 26.4. The second-order valence-corrected chi connectivity index (χ2v) is 10.6. The number of carbonyl (C=O) groups is 2. The van der Waals surface area contributed by atoms with E-state index in [0.717, 1.165) is 0 Å². The summed E-state index contributed by atoms with van der Waals surface area (Å²) in [5.74, 6) is -1.42. The predicted molar refractivity (Wildman–Crippen MR) is 174 cm³/mol. The van der Waals surface area contributed by atoms with Crippen molar-refractivity contribution in [3.63, 3.8) is 0 Å². The summed E-state index contributed by atoms with van der Waals surface area (Å²) in [7, 11) is 4.33. The van der Waals surface area contributed by atoms with E-state index in [0.29, 0.717) is 44.4 Å². The van der Waals surface area contributed by atoms with E-state index in [4.69, 9.17) is 41.0 Å². The van der Waals surface area contributed by atoms with Crippen LogP contribution in [0, 0.1) is 5.92 Å². The number of hydrogen-bond acceptors (Lipinski definition) is 13. The first-order valence-corrected chi connectivity index (χ1v) is 15.0. The summed E-state index contributed by atoms with van der Waals surface area (Å²) in [4.78, 5) is 41.9. The lowest BCUT2D eigenvalue weighted by atomic mass is 9.75. The molecule has 1 aromatic heterocycles. The molecule has 1 aliphatic rings. The molecule has 46 heavy (non-hydrogen) atoms. The number of anilines is 2. The third-order valence-corrected chi connectivity index (χ3v) is 7.87. The van der Waals surface area contributed by atoms with Crippen molar-refractivity contribution < 1.29 is 38.4 Å². The number of hydrogen-bond donors (Lipinski definition) is 2. The molecule has 3 N–H and O–H groups in total. The summed E-state index contributed by atoms with van der Waals surface area (Å²) in [5, 5.41) is 10.8. The maximum atomic E-state index is 13.4. The second-order valence-electron chi connectivity index (χ2n) is 10.2. The van der Waals surface area contributed by atoms with Crippen LogP contribution in [-0.4, -0.2) is 93.6 Å². The summed E-state index contributed by atoms with van der Waals surface area (Å²) in [6, 6.07) is 10.4. The van der Waals surface area contributed by atoms with Crippen LogP contribution in [0.3, 0.4) is 0 Å². The molecule has 13 nitrogen and oxygen atoms in total. The van der Waals surface area contributed by atoms with Gasteiger partial charge in [-0.2, -0.15) is 4.98 Å². The van der Waals surface area contributed by atoms with Crippen molar-refractivity contribution >= 4 is 51.9 Å². The first-order chi connectivity index (χ1) is 22.2. The summed E-state index contributed by atoms with van der Waals surface area (Å²) >= 11 is 6.58. The molecule has 0 bridgehead atoms. The topological polar surface area (TPSA) is 168 Å². The first-order valence-electron chi connectivity index (χ1n) is 14.6. The molecular formula is C32H38ClN5O8. The van der Waals surface area contributed by atoms with Crippen LogP contribution < -0.4 is 20.1 Å². The van der Waals surface area contributed by atoms with Gasteiger partial charge in [0.15, 0.2) is 11.5 Å². The second kappa shape index (κ2) is 15.7. The highest BCUT2D eigenvalue weighted by molar-refractivity contribution is 6.31. The van der Waals surface area contributed by atoms with Gasteiger partial charge in [0, 0.05) is 41.2 Å². The molecule has 0 saturated heterocycles. The smallest absolute Gasteiger partial charge is 0.336 e. The van der Waals surface area contributed by atoms with Crippen molar-refractivity contribution in [3.8, 4) is 11.5 Å². The molecule has 14 heteroatoms. The van der Waals surface area contributed by atoms with E-state index in [1.165, 1.54) is 21.3 Å². The molecule has 246 valence electrons. The van der Waals surface area contributed by atoms with Gasteiger partial charge in [0.25, 0.3) is 0 Å². The van der Waals surface area contributed by atoms with Crippen molar-refractivity contribution in [2.75, 3.05) is 71.5 Å². The minimum atomic E-state index is -0.901. The number of nitrogen functional groups attached to an aromatic ring is 1. The van der Waals surface area contributed by atoms with Gasteiger partial charge in [-0.05, 0) is 31.5 Å². The number of ether oxygens (including phenoxy) is 5. The number of rotatable bonds is 14. The van der Waals surface area contributed by atoms with Crippen LogP contribution >= 0.6 is 11.6 Å². The number of halogens is 1. The quantitative estimate of drug-likeness (QED) is 0.192. The molecular weight excluding hydrogens is 618 g/mol. The Bertz CT molecular complexity index is 1650. The Kier molecular flexibility index (Phi) is 11.7. The van der Waals surface area contributed by atoms with Gasteiger partial charge in [-0.3, -0.25) is 9.79 Å². The number of nitrogens with zero attached hydrogens (tertiary/aromatic N) is 4. The molecule has 2 unspecified atom stereocenters. The van der Waals surface area contributed by atoms with Gasteiger partial charge >= 0.3 is 11.9 Å². The van der Waals surface area contributed by atoms with Gasteiger partial charge in [0.2, 0.25) is 5.95 Å². The number of carbonyl (C=O) groups excluding carboxylic acids is 2. The van der Waals surface area contributed by atoms with Crippen LogP contribution in [0.1, 0.15) is 25.3 Å². The summed E-state index contributed by atoms with van der Waals surface area (Å²) < 4.78 is 27.3. The zero-order chi connectivity index (χ0) is 33.4. The van der Waals surface area contributed by atoms with Crippen molar-refractivity contribution in [1.29, 1.82) is 0 Å². The van der Waals surface area contributed by atoms with Crippen molar-refractivity contribution in [3.05, 3.63) is 58.3 Å². The summed E-state index contributed by atoms with van der Waals surface area (Å²) in [5.41, 5.74) is 8.29. The van der Waals surface area contributed by atoms with Gasteiger partial charge in [-0.15, -0.1) is 0 Å². The highest BCUT2D eigenvalue weighted by atomic mass is 35.5. The number of esters is 2. The Morgan fingerprint density at radius 1 is 1.07 bits per heavy atom. The Hall–Kier alpha value is -4.46. The Morgan fingerprint density at radius 3 is 2.43 bits per heavy atom. The minimum Gasteiger partial charge on any atom is -0.493 e. The van der Waals surface area contributed by atoms with E-state index in [1.807, 2.05) is 0 Å². The highest BCUT2D eigenvalue weighted by Gasteiger charge is 2.43. The molecule has 0 fully saturated rings. The number of fused-ring (bicyclic) bond motifs is 1. The molecule has 0 radical (unpaired) electrons. The number of methoxy groups -OCH3 is 3. The van der Waals surface area contributed by atoms with E-state index < -0.39 is 23.8 Å². The van der Waals surface area contributed by atoms with Crippen LogP contribution in [0.25, 0.3) is 10.9 Å². The van der Waals surface area contributed by atoms with E-state index in [-0.39, 0.29) is 56.9 Å². The van der Waals surface area contributed by atoms with Crippen molar-refractivity contribution in [1.82, 2.24) is 9.97 Å². The molecule has 1 aliphatic heterocycles. The molecule has 2 atom stereocenters. The lowest BCUT2D eigenvalue weighted by molar-refractivity contribution is -0.144. The fourth-order valence-electron chi connectivity index (χ4n) is 5.37. The van der Waals surface area contributed by atoms with Crippen molar-refractivity contribution in [2.24, 2.45) is 10.9 Å². The Balaban J connectivity index is 1.62. The monoisotopic (exact) mass is 655 g/mol. The van der Waals surface area contributed by atoms with Crippen LogP contribution in [0.5, 0.6) is 11.5 Å². The molecule has 3 aromatic rings. The number of benzene rings is 2. The molecule has 0 amide bonds. The number of aromatic nitrogens is 2. The summed E-state index contributed by atoms with van der Waals surface area (Å²) in [6.45, 7) is 3.85. The van der Waals surface area contributed by atoms with Crippen LogP contribution in [0.2, 0.25) is 5.02 Å². The van der Waals surface area contributed by atoms with Crippen LogP contribution in [0.15, 0.2) is 52.7 Å². The average molecular weight is 656 g/mol. The maximum Gasteiger partial charge on any atom is 0.336 e. The molecule has 2 heterocycles. The van der Waals surface area contributed by atoms with E-state index in [2.05, 4.69) is 15.0 Å². The van der Waals surface area contributed by atoms with E-state index in [9.17, 15) is 14.7 Å².